The van der Waals surface area contributed by atoms with E-state index in [4.69, 9.17) is 4.52 Å². The first-order chi connectivity index (χ1) is 13.5. The largest absolute Gasteiger partial charge is 0.356 e. The monoisotopic (exact) mass is 399 g/mol. The molecule has 2 aromatic carbocycles. The molecule has 3 rings (SSSR count). The number of benzene rings is 2. The second-order valence-corrected chi connectivity index (χ2v) is 8.31. The first-order valence-corrected chi connectivity index (χ1v) is 10.4. The van der Waals surface area contributed by atoms with Crippen molar-refractivity contribution in [2.24, 2.45) is 0 Å². The Bertz CT molecular complexity index is 1020. The summed E-state index contributed by atoms with van der Waals surface area (Å²) in [6, 6.07) is 19.9. The minimum Gasteiger partial charge on any atom is -0.356 e. The number of nitrogens with zero attached hydrogens (tertiary/aromatic N) is 2. The van der Waals surface area contributed by atoms with Crippen LogP contribution in [-0.2, 0) is 21.2 Å². The van der Waals surface area contributed by atoms with Gasteiger partial charge in [-0.3, -0.25) is 9.10 Å². The van der Waals surface area contributed by atoms with Gasteiger partial charge in [0.2, 0.25) is 15.9 Å². The minimum atomic E-state index is -3.53. The van der Waals surface area contributed by atoms with Crippen molar-refractivity contribution in [3.8, 4) is 11.3 Å². The molecule has 0 saturated carbocycles. The number of carbonyl (C=O) groups is 1. The Balaban J connectivity index is 1.50. The smallest absolute Gasteiger partial charge is 0.236 e. The summed E-state index contributed by atoms with van der Waals surface area (Å²) in [5.74, 6) is 0.0685. The highest BCUT2D eigenvalue weighted by molar-refractivity contribution is 7.92. The molecule has 146 valence electrons. The van der Waals surface area contributed by atoms with Crippen molar-refractivity contribution in [2.45, 2.75) is 6.42 Å². The molecule has 0 bridgehead atoms. The van der Waals surface area contributed by atoms with E-state index in [2.05, 4.69) is 10.5 Å². The average Bonchev–Trinajstić information content (AvgIpc) is 3.17. The van der Waals surface area contributed by atoms with Gasteiger partial charge in [-0.25, -0.2) is 8.42 Å². The number of para-hydroxylation sites is 1. The van der Waals surface area contributed by atoms with E-state index in [9.17, 15) is 13.2 Å². The van der Waals surface area contributed by atoms with Crippen molar-refractivity contribution in [2.75, 3.05) is 23.7 Å². The van der Waals surface area contributed by atoms with Gasteiger partial charge in [0.25, 0.3) is 0 Å². The summed E-state index contributed by atoms with van der Waals surface area (Å²) in [5, 5.41) is 6.51. The molecule has 8 heteroatoms. The van der Waals surface area contributed by atoms with Crippen molar-refractivity contribution in [3.05, 3.63) is 72.4 Å². The Labute approximate surface area is 164 Å². The van der Waals surface area contributed by atoms with Gasteiger partial charge in [0, 0.05) is 25.2 Å². The van der Waals surface area contributed by atoms with E-state index >= 15 is 0 Å². The highest BCUT2D eigenvalue weighted by atomic mass is 32.2. The summed E-state index contributed by atoms with van der Waals surface area (Å²) >= 11 is 0. The molecule has 0 fully saturated rings. The van der Waals surface area contributed by atoms with Crippen LogP contribution >= 0.6 is 0 Å². The Morgan fingerprint density at radius 3 is 2.39 bits per heavy atom. The molecule has 1 aromatic heterocycles. The maximum atomic E-state index is 12.4. The summed E-state index contributed by atoms with van der Waals surface area (Å²) in [4.78, 5) is 12.1. The van der Waals surface area contributed by atoms with E-state index in [0.717, 1.165) is 5.56 Å². The number of carbonyl (C=O) groups excluding carboxylic acids is 1. The van der Waals surface area contributed by atoms with E-state index < -0.39 is 10.0 Å². The number of anilines is 1. The lowest BCUT2D eigenvalue weighted by atomic mass is 10.1. The van der Waals surface area contributed by atoms with Gasteiger partial charge < -0.3 is 9.84 Å². The fraction of sp³-hybridized carbons (Fsp3) is 0.200. The van der Waals surface area contributed by atoms with Gasteiger partial charge in [0.1, 0.15) is 0 Å². The molecule has 0 spiro atoms. The minimum absolute atomic E-state index is 0.0156. The highest BCUT2D eigenvalue weighted by Crippen LogP contribution is 2.20. The molecule has 1 heterocycles. The fourth-order valence-electron chi connectivity index (χ4n) is 2.62. The Morgan fingerprint density at radius 1 is 1.07 bits per heavy atom. The van der Waals surface area contributed by atoms with E-state index in [0.29, 0.717) is 17.1 Å². The van der Waals surface area contributed by atoms with Gasteiger partial charge in [-0.05, 0) is 12.1 Å². The van der Waals surface area contributed by atoms with Crippen molar-refractivity contribution >= 4 is 21.6 Å². The molecule has 28 heavy (non-hydrogen) atoms. The molecule has 0 aliphatic carbocycles. The summed E-state index contributed by atoms with van der Waals surface area (Å²) in [6.07, 6.45) is 0.0188. The molecule has 3 aromatic rings. The Morgan fingerprint density at radius 2 is 1.71 bits per heavy atom. The van der Waals surface area contributed by atoms with Crippen molar-refractivity contribution in [1.29, 1.82) is 0 Å². The van der Waals surface area contributed by atoms with Crippen LogP contribution in [0, 0.1) is 0 Å². The number of rotatable bonds is 8. The SMILES string of the molecule is CN(c1ccccc1)S(=O)(=O)CCNC(=O)Cc1cc(-c2ccccc2)on1. The fourth-order valence-corrected chi connectivity index (χ4v) is 3.69. The van der Waals surface area contributed by atoms with Gasteiger partial charge in [-0.15, -0.1) is 0 Å². The first kappa shape index (κ1) is 19.6. The van der Waals surface area contributed by atoms with Crippen LogP contribution in [0.2, 0.25) is 0 Å². The van der Waals surface area contributed by atoms with Gasteiger partial charge in [-0.2, -0.15) is 0 Å². The predicted octanol–water partition coefficient (Wildman–Crippen LogP) is 2.47. The molecule has 0 radical (unpaired) electrons. The molecule has 0 aliphatic rings. The van der Waals surface area contributed by atoms with Crippen LogP contribution in [-0.4, -0.2) is 38.8 Å². The van der Waals surface area contributed by atoms with Crippen molar-refractivity contribution < 1.29 is 17.7 Å². The number of nitrogens with one attached hydrogen (secondary N) is 1. The maximum absolute atomic E-state index is 12.4. The average molecular weight is 399 g/mol. The third kappa shape index (κ3) is 4.98. The van der Waals surface area contributed by atoms with Crippen LogP contribution in [0.3, 0.4) is 0 Å². The molecule has 0 atom stereocenters. The summed E-state index contributed by atoms with van der Waals surface area (Å²) in [7, 11) is -2.04. The first-order valence-electron chi connectivity index (χ1n) is 8.75. The lowest BCUT2D eigenvalue weighted by molar-refractivity contribution is -0.120. The molecule has 0 aliphatic heterocycles. The third-order valence-electron chi connectivity index (χ3n) is 4.18. The Kier molecular flexibility index (Phi) is 6.10. The van der Waals surface area contributed by atoms with Gasteiger partial charge >= 0.3 is 0 Å². The highest BCUT2D eigenvalue weighted by Gasteiger charge is 2.18. The van der Waals surface area contributed by atoms with Crippen LogP contribution in [0.25, 0.3) is 11.3 Å². The van der Waals surface area contributed by atoms with Crippen LogP contribution in [0.1, 0.15) is 5.69 Å². The number of sulfonamides is 1. The molecule has 0 saturated heterocycles. The number of hydrogen-bond donors (Lipinski definition) is 1. The second kappa shape index (κ2) is 8.71. The Hall–Kier alpha value is -3.13. The van der Waals surface area contributed by atoms with Crippen LogP contribution in [0.4, 0.5) is 5.69 Å². The topological polar surface area (TPSA) is 92.5 Å². The van der Waals surface area contributed by atoms with Crippen molar-refractivity contribution in [1.82, 2.24) is 10.5 Å². The molecule has 1 amide bonds. The zero-order valence-corrected chi connectivity index (χ0v) is 16.2. The molecule has 7 nitrogen and oxygen atoms in total. The van der Waals surface area contributed by atoms with Gasteiger partial charge in [0.05, 0.1) is 23.6 Å². The van der Waals surface area contributed by atoms with Gasteiger partial charge in [-0.1, -0.05) is 53.7 Å². The summed E-state index contributed by atoms with van der Waals surface area (Å²) < 4.78 is 31.2. The van der Waals surface area contributed by atoms with Crippen molar-refractivity contribution in [3.63, 3.8) is 0 Å². The zero-order valence-electron chi connectivity index (χ0n) is 15.4. The van der Waals surface area contributed by atoms with Crippen LogP contribution in [0.5, 0.6) is 0 Å². The molecular weight excluding hydrogens is 378 g/mol. The number of amides is 1. The predicted molar refractivity (Wildman–Crippen MR) is 107 cm³/mol. The lowest BCUT2D eigenvalue weighted by Crippen LogP contribution is -2.36. The molecule has 0 unspecified atom stereocenters. The molecule has 1 N–H and O–H groups in total. The van der Waals surface area contributed by atoms with E-state index in [1.165, 1.54) is 11.4 Å². The summed E-state index contributed by atoms with van der Waals surface area (Å²) in [5.41, 5.74) is 1.93. The molecular formula is C20H21N3O4S. The summed E-state index contributed by atoms with van der Waals surface area (Å²) in [6.45, 7) is 0.0156. The zero-order chi connectivity index (χ0) is 20.0. The van der Waals surface area contributed by atoms with E-state index in [1.807, 2.05) is 36.4 Å². The number of hydrogen-bond acceptors (Lipinski definition) is 5. The number of aromatic nitrogens is 1. The maximum Gasteiger partial charge on any atom is 0.236 e. The lowest BCUT2D eigenvalue weighted by Gasteiger charge is -2.19. The van der Waals surface area contributed by atoms with E-state index in [-0.39, 0.29) is 24.6 Å². The quantitative estimate of drug-likeness (QED) is 0.628. The van der Waals surface area contributed by atoms with Crippen LogP contribution in [0.15, 0.2) is 71.3 Å². The second-order valence-electron chi connectivity index (χ2n) is 6.19. The van der Waals surface area contributed by atoms with E-state index in [1.54, 1.807) is 30.3 Å². The van der Waals surface area contributed by atoms with Gasteiger partial charge in [0.15, 0.2) is 5.76 Å². The standard InChI is InChI=1S/C20H21N3O4S/c1-23(18-10-6-3-7-11-18)28(25,26)13-12-21-20(24)15-17-14-19(27-22-17)16-8-4-2-5-9-16/h2-11,14H,12-13,15H2,1H3,(H,21,24). The third-order valence-corrected chi connectivity index (χ3v) is 5.94. The van der Waals surface area contributed by atoms with Crippen LogP contribution < -0.4 is 9.62 Å². The normalized spacial score (nSPS) is 11.2.